The maximum absolute atomic E-state index is 11.6. The van der Waals surface area contributed by atoms with Crippen molar-refractivity contribution in [1.82, 2.24) is 15.5 Å². The fraction of sp³-hybridized carbons (Fsp3) is 0.933. The molecule has 1 rings (SSSR count). The summed E-state index contributed by atoms with van der Waals surface area (Å²) < 4.78 is 23.1. The van der Waals surface area contributed by atoms with E-state index < -0.39 is 9.84 Å². The van der Waals surface area contributed by atoms with Gasteiger partial charge in [-0.25, -0.2) is 8.42 Å². The molecular formula is C15H32N4O2S. The Kier molecular flexibility index (Phi) is 7.62. The minimum Gasteiger partial charge on any atom is -0.357 e. The smallest absolute Gasteiger partial charge is 0.191 e. The van der Waals surface area contributed by atoms with Gasteiger partial charge in [0.1, 0.15) is 0 Å². The summed E-state index contributed by atoms with van der Waals surface area (Å²) in [5.74, 6) is 1.83. The Labute approximate surface area is 135 Å². The summed E-state index contributed by atoms with van der Waals surface area (Å²) in [7, 11) is 1.28. The first-order chi connectivity index (χ1) is 10.2. The van der Waals surface area contributed by atoms with E-state index in [1.165, 1.54) is 0 Å². The largest absolute Gasteiger partial charge is 0.357 e. The predicted molar refractivity (Wildman–Crippen MR) is 93.1 cm³/mol. The Morgan fingerprint density at radius 3 is 2.50 bits per heavy atom. The van der Waals surface area contributed by atoms with Crippen LogP contribution in [-0.4, -0.2) is 70.1 Å². The molecule has 0 aliphatic carbocycles. The van der Waals surface area contributed by atoms with Crippen LogP contribution in [0.2, 0.25) is 0 Å². The molecule has 0 saturated carbocycles. The third kappa shape index (κ3) is 6.96. The van der Waals surface area contributed by atoms with E-state index in [1.54, 1.807) is 0 Å². The maximum Gasteiger partial charge on any atom is 0.191 e. The van der Waals surface area contributed by atoms with Crippen LogP contribution in [0.15, 0.2) is 4.99 Å². The Morgan fingerprint density at radius 2 is 2.05 bits per heavy atom. The number of aliphatic imine (C=N–C) groups is 1. The monoisotopic (exact) mass is 332 g/mol. The van der Waals surface area contributed by atoms with Crippen LogP contribution in [-0.2, 0) is 9.84 Å². The zero-order chi connectivity index (χ0) is 16.8. The zero-order valence-corrected chi connectivity index (χ0v) is 15.4. The number of hydrogen-bond acceptors (Lipinski definition) is 4. The van der Waals surface area contributed by atoms with Crippen LogP contribution in [0.25, 0.3) is 0 Å². The molecule has 1 aliphatic heterocycles. The lowest BCUT2D eigenvalue weighted by Crippen LogP contribution is -2.45. The van der Waals surface area contributed by atoms with Crippen molar-refractivity contribution in [2.24, 2.45) is 10.9 Å². The van der Waals surface area contributed by atoms with E-state index in [-0.39, 0.29) is 17.5 Å². The molecule has 1 fully saturated rings. The Balaban J connectivity index is 2.64. The van der Waals surface area contributed by atoms with Gasteiger partial charge in [-0.1, -0.05) is 13.8 Å². The fourth-order valence-corrected chi connectivity index (χ4v) is 4.29. The highest BCUT2D eigenvalue weighted by molar-refractivity contribution is 7.91. The molecule has 7 heteroatoms. The van der Waals surface area contributed by atoms with Gasteiger partial charge in [0.2, 0.25) is 0 Å². The van der Waals surface area contributed by atoms with Crippen LogP contribution in [0.1, 0.15) is 33.6 Å². The molecule has 6 nitrogen and oxygen atoms in total. The second kappa shape index (κ2) is 8.72. The molecule has 2 unspecified atom stereocenters. The van der Waals surface area contributed by atoms with Gasteiger partial charge in [-0.15, -0.1) is 0 Å². The standard InChI is InChI=1S/C15H32N4O2S/c1-6-16-15(18-13-7-8-22(20,21)11-13)17-10-14(19(4)5)9-12(2)3/h12-14H,6-11H2,1-5H3,(H2,16,17,18). The number of rotatable bonds is 7. The predicted octanol–water partition coefficient (Wildman–Crippen LogP) is 0.705. The quantitative estimate of drug-likeness (QED) is 0.530. The Hall–Kier alpha value is -0.820. The molecule has 0 spiro atoms. The van der Waals surface area contributed by atoms with Gasteiger partial charge in [-0.3, -0.25) is 4.99 Å². The van der Waals surface area contributed by atoms with Crippen molar-refractivity contribution in [3.63, 3.8) is 0 Å². The first kappa shape index (κ1) is 19.2. The molecule has 0 aromatic carbocycles. The summed E-state index contributed by atoms with van der Waals surface area (Å²) in [6.45, 7) is 7.92. The van der Waals surface area contributed by atoms with Gasteiger partial charge in [-0.2, -0.15) is 0 Å². The second-order valence-electron chi connectivity index (χ2n) is 6.71. The summed E-state index contributed by atoms with van der Waals surface area (Å²) in [6, 6.07) is 0.369. The van der Waals surface area contributed by atoms with E-state index in [1.807, 2.05) is 6.92 Å². The van der Waals surface area contributed by atoms with Crippen molar-refractivity contribution < 1.29 is 8.42 Å². The van der Waals surface area contributed by atoms with Gasteiger partial charge >= 0.3 is 0 Å². The first-order valence-electron chi connectivity index (χ1n) is 8.15. The Morgan fingerprint density at radius 1 is 1.36 bits per heavy atom. The molecule has 130 valence electrons. The topological polar surface area (TPSA) is 73.8 Å². The number of likely N-dealkylation sites (N-methyl/N-ethyl adjacent to an activating group) is 1. The van der Waals surface area contributed by atoms with Crippen LogP contribution in [0.4, 0.5) is 0 Å². The van der Waals surface area contributed by atoms with Gasteiger partial charge in [0.25, 0.3) is 0 Å². The normalized spacial score (nSPS) is 23.0. The highest BCUT2D eigenvalue weighted by Gasteiger charge is 2.28. The average Bonchev–Trinajstić information content (AvgIpc) is 2.73. The van der Waals surface area contributed by atoms with Gasteiger partial charge < -0.3 is 15.5 Å². The molecule has 1 saturated heterocycles. The average molecular weight is 333 g/mol. The maximum atomic E-state index is 11.6. The lowest BCUT2D eigenvalue weighted by Gasteiger charge is -2.25. The van der Waals surface area contributed by atoms with E-state index in [0.29, 0.717) is 24.9 Å². The van der Waals surface area contributed by atoms with Gasteiger partial charge in [0.15, 0.2) is 15.8 Å². The van der Waals surface area contributed by atoms with E-state index >= 15 is 0 Å². The number of hydrogen-bond donors (Lipinski definition) is 2. The fourth-order valence-electron chi connectivity index (χ4n) is 2.61. The number of guanidine groups is 1. The highest BCUT2D eigenvalue weighted by Crippen LogP contribution is 2.12. The van der Waals surface area contributed by atoms with E-state index in [4.69, 9.17) is 0 Å². The molecule has 2 N–H and O–H groups in total. The SMILES string of the molecule is CCNC(=NCC(CC(C)C)N(C)C)NC1CCS(=O)(=O)C1. The minimum atomic E-state index is -2.87. The van der Waals surface area contributed by atoms with Crippen LogP contribution in [0.3, 0.4) is 0 Å². The lowest BCUT2D eigenvalue weighted by molar-refractivity contribution is 0.261. The molecule has 0 amide bonds. The van der Waals surface area contributed by atoms with Crippen molar-refractivity contribution in [3.8, 4) is 0 Å². The minimum absolute atomic E-state index is 0.0225. The van der Waals surface area contributed by atoms with Gasteiger partial charge in [0, 0.05) is 18.6 Å². The molecule has 2 atom stereocenters. The molecule has 0 radical (unpaired) electrons. The third-order valence-corrected chi connectivity index (χ3v) is 5.62. The van der Waals surface area contributed by atoms with E-state index in [2.05, 4.69) is 48.5 Å². The molecule has 0 aromatic rings. The van der Waals surface area contributed by atoms with Gasteiger partial charge in [0.05, 0.1) is 18.1 Å². The summed E-state index contributed by atoms with van der Waals surface area (Å²) in [6.07, 6.45) is 1.75. The molecule has 0 aromatic heterocycles. The number of sulfone groups is 1. The summed E-state index contributed by atoms with van der Waals surface area (Å²) in [5.41, 5.74) is 0. The molecule has 0 bridgehead atoms. The zero-order valence-electron chi connectivity index (χ0n) is 14.6. The Bertz CT molecular complexity index is 460. The van der Waals surface area contributed by atoms with Crippen LogP contribution < -0.4 is 10.6 Å². The number of nitrogens with zero attached hydrogens (tertiary/aromatic N) is 2. The van der Waals surface area contributed by atoms with Gasteiger partial charge in [-0.05, 0) is 39.8 Å². The molecular weight excluding hydrogens is 300 g/mol. The van der Waals surface area contributed by atoms with Crippen molar-refractivity contribution >= 4 is 15.8 Å². The number of nitrogens with one attached hydrogen (secondary N) is 2. The van der Waals surface area contributed by atoms with Crippen molar-refractivity contribution in [3.05, 3.63) is 0 Å². The lowest BCUT2D eigenvalue weighted by atomic mass is 10.0. The summed E-state index contributed by atoms with van der Waals surface area (Å²) in [5, 5.41) is 6.47. The second-order valence-corrected chi connectivity index (χ2v) is 8.94. The summed E-state index contributed by atoms with van der Waals surface area (Å²) >= 11 is 0. The van der Waals surface area contributed by atoms with Crippen molar-refractivity contribution in [2.75, 3.05) is 38.7 Å². The van der Waals surface area contributed by atoms with Crippen LogP contribution in [0.5, 0.6) is 0 Å². The summed E-state index contributed by atoms with van der Waals surface area (Å²) in [4.78, 5) is 6.86. The van der Waals surface area contributed by atoms with E-state index in [9.17, 15) is 8.42 Å². The molecule has 22 heavy (non-hydrogen) atoms. The van der Waals surface area contributed by atoms with Crippen molar-refractivity contribution in [1.29, 1.82) is 0 Å². The van der Waals surface area contributed by atoms with Crippen molar-refractivity contribution in [2.45, 2.75) is 45.7 Å². The van der Waals surface area contributed by atoms with Crippen LogP contribution >= 0.6 is 0 Å². The van der Waals surface area contributed by atoms with Crippen LogP contribution in [0, 0.1) is 5.92 Å². The molecule has 1 aliphatic rings. The van der Waals surface area contributed by atoms with E-state index in [0.717, 1.165) is 18.9 Å². The molecule has 1 heterocycles. The third-order valence-electron chi connectivity index (χ3n) is 3.85. The highest BCUT2D eigenvalue weighted by atomic mass is 32.2. The first-order valence-corrected chi connectivity index (χ1v) is 9.97.